The quantitative estimate of drug-likeness (QED) is 0.639. The van der Waals surface area contributed by atoms with Crippen LogP contribution in [-0.2, 0) is 0 Å². The molecular formula is C14H8BrClN2O3S. The van der Waals surface area contributed by atoms with E-state index in [4.69, 9.17) is 17.3 Å². The van der Waals surface area contributed by atoms with Crippen molar-refractivity contribution in [1.82, 2.24) is 4.57 Å². The summed E-state index contributed by atoms with van der Waals surface area (Å²) in [5.41, 5.74) is 5.62. The average molecular weight is 400 g/mol. The van der Waals surface area contributed by atoms with Crippen LogP contribution < -0.4 is 5.73 Å². The van der Waals surface area contributed by atoms with Crippen LogP contribution in [-0.4, -0.2) is 21.5 Å². The molecule has 0 aliphatic heterocycles. The Balaban J connectivity index is 2.36. The lowest BCUT2D eigenvalue weighted by atomic mass is 10.1. The van der Waals surface area contributed by atoms with E-state index in [0.29, 0.717) is 25.3 Å². The van der Waals surface area contributed by atoms with Gasteiger partial charge in [0.2, 0.25) is 11.7 Å². The van der Waals surface area contributed by atoms with Crippen LogP contribution in [0.25, 0.3) is 10.9 Å². The molecule has 0 aliphatic rings. The second-order valence-electron chi connectivity index (χ2n) is 4.46. The van der Waals surface area contributed by atoms with Crippen LogP contribution in [0.1, 0.15) is 15.2 Å². The molecule has 0 saturated heterocycles. The van der Waals surface area contributed by atoms with Crippen LogP contribution in [0.3, 0.4) is 0 Å². The number of carbonyl (C=O) groups is 2. The third-order valence-electron chi connectivity index (χ3n) is 3.18. The number of hydrogen-bond donors (Lipinski definition) is 2. The van der Waals surface area contributed by atoms with Gasteiger partial charge in [0.05, 0.1) is 16.0 Å². The number of benzene rings is 1. The summed E-state index contributed by atoms with van der Waals surface area (Å²) in [6.45, 7) is 0. The minimum atomic E-state index is -0.880. The van der Waals surface area contributed by atoms with Gasteiger partial charge in [-0.3, -0.25) is 4.79 Å². The maximum absolute atomic E-state index is 12.7. The van der Waals surface area contributed by atoms with Crippen LogP contribution in [0.2, 0.25) is 5.02 Å². The molecule has 1 amide bonds. The number of thiophene rings is 1. The predicted molar refractivity (Wildman–Crippen MR) is 89.0 cm³/mol. The second-order valence-corrected chi connectivity index (χ2v) is 6.67. The van der Waals surface area contributed by atoms with Crippen molar-refractivity contribution in [3.8, 4) is 5.88 Å². The lowest BCUT2D eigenvalue weighted by Crippen LogP contribution is -2.18. The smallest absolute Gasteiger partial charge is 0.326 e. The zero-order chi connectivity index (χ0) is 16.0. The minimum Gasteiger partial charge on any atom is -0.494 e. The summed E-state index contributed by atoms with van der Waals surface area (Å²) < 4.78 is 1.50. The van der Waals surface area contributed by atoms with Crippen molar-refractivity contribution < 1.29 is 14.7 Å². The Morgan fingerprint density at radius 2 is 2.05 bits per heavy atom. The molecule has 5 nitrogen and oxygen atoms in total. The fourth-order valence-corrected chi connectivity index (χ4v) is 3.94. The monoisotopic (exact) mass is 398 g/mol. The molecule has 0 fully saturated rings. The second kappa shape index (κ2) is 5.42. The van der Waals surface area contributed by atoms with Crippen molar-refractivity contribution >= 4 is 61.6 Å². The van der Waals surface area contributed by atoms with Gasteiger partial charge in [-0.2, -0.15) is 0 Å². The van der Waals surface area contributed by atoms with E-state index in [-0.39, 0.29) is 5.56 Å². The minimum absolute atomic E-state index is 0.000509. The molecule has 1 aromatic carbocycles. The molecule has 0 bridgehead atoms. The number of amides is 1. The molecule has 0 spiro atoms. The lowest BCUT2D eigenvalue weighted by molar-refractivity contribution is 0.104. The normalized spacial score (nSPS) is 11.0. The highest BCUT2D eigenvalue weighted by Crippen LogP contribution is 2.36. The highest BCUT2D eigenvalue weighted by Gasteiger charge is 2.27. The van der Waals surface area contributed by atoms with Crippen LogP contribution in [0.4, 0.5) is 4.79 Å². The molecule has 3 rings (SSSR count). The van der Waals surface area contributed by atoms with Crippen molar-refractivity contribution in [3.05, 3.63) is 49.6 Å². The highest BCUT2D eigenvalue weighted by atomic mass is 79.9. The van der Waals surface area contributed by atoms with Crippen LogP contribution in [0.5, 0.6) is 5.88 Å². The summed E-state index contributed by atoms with van der Waals surface area (Å²) in [7, 11) is 0. The molecule has 22 heavy (non-hydrogen) atoms. The zero-order valence-electron chi connectivity index (χ0n) is 10.8. The van der Waals surface area contributed by atoms with Gasteiger partial charge in [0, 0.05) is 14.9 Å². The number of aromatic hydroxyl groups is 1. The van der Waals surface area contributed by atoms with E-state index in [2.05, 4.69) is 15.9 Å². The van der Waals surface area contributed by atoms with E-state index in [1.807, 2.05) is 0 Å². The molecule has 0 saturated carbocycles. The summed E-state index contributed by atoms with van der Waals surface area (Å²) >= 11 is 10.5. The maximum Gasteiger partial charge on any atom is 0.326 e. The van der Waals surface area contributed by atoms with E-state index >= 15 is 0 Å². The molecule has 2 aromatic heterocycles. The SMILES string of the molecule is NC(=O)n1c(O)c(C(=O)c2sccc2Br)c2cc(Cl)ccc21. The Bertz CT molecular complexity index is 932. The number of hydrogen-bond acceptors (Lipinski definition) is 4. The van der Waals surface area contributed by atoms with Gasteiger partial charge in [-0.25, -0.2) is 9.36 Å². The van der Waals surface area contributed by atoms with Crippen molar-refractivity contribution in [2.75, 3.05) is 0 Å². The first-order valence-electron chi connectivity index (χ1n) is 6.02. The highest BCUT2D eigenvalue weighted by molar-refractivity contribution is 9.10. The molecule has 0 radical (unpaired) electrons. The zero-order valence-corrected chi connectivity index (χ0v) is 14.0. The molecule has 3 aromatic rings. The number of nitrogens with two attached hydrogens (primary N) is 1. The number of ketones is 1. The maximum atomic E-state index is 12.7. The van der Waals surface area contributed by atoms with E-state index in [1.165, 1.54) is 23.5 Å². The summed E-state index contributed by atoms with van der Waals surface area (Å²) in [5, 5.41) is 12.8. The Morgan fingerprint density at radius 3 is 2.64 bits per heavy atom. The first-order chi connectivity index (χ1) is 10.4. The Morgan fingerprint density at radius 1 is 1.32 bits per heavy atom. The Labute approximate surface area is 142 Å². The van der Waals surface area contributed by atoms with E-state index in [9.17, 15) is 14.7 Å². The van der Waals surface area contributed by atoms with E-state index in [1.54, 1.807) is 17.5 Å². The van der Waals surface area contributed by atoms with Gasteiger partial charge in [0.1, 0.15) is 0 Å². The Hall–Kier alpha value is -1.83. The fraction of sp³-hybridized carbons (Fsp3) is 0. The third-order valence-corrected chi connectivity index (χ3v) is 5.25. The topological polar surface area (TPSA) is 85.3 Å². The predicted octanol–water partition coefficient (Wildman–Crippen LogP) is 3.98. The van der Waals surface area contributed by atoms with Crippen molar-refractivity contribution in [1.29, 1.82) is 0 Å². The van der Waals surface area contributed by atoms with Gasteiger partial charge < -0.3 is 10.8 Å². The first kappa shape index (κ1) is 15.1. The number of halogens is 2. The average Bonchev–Trinajstić information content (AvgIpc) is 2.98. The molecule has 8 heteroatoms. The van der Waals surface area contributed by atoms with Gasteiger partial charge in [-0.1, -0.05) is 11.6 Å². The van der Waals surface area contributed by atoms with Crippen molar-refractivity contribution in [2.45, 2.75) is 0 Å². The van der Waals surface area contributed by atoms with Gasteiger partial charge in [0.25, 0.3) is 0 Å². The number of fused-ring (bicyclic) bond motifs is 1. The molecule has 112 valence electrons. The number of primary amides is 1. The fourth-order valence-electron chi connectivity index (χ4n) is 2.27. The van der Waals surface area contributed by atoms with Gasteiger partial charge in [-0.15, -0.1) is 11.3 Å². The molecule has 2 heterocycles. The number of aromatic nitrogens is 1. The van der Waals surface area contributed by atoms with Crippen molar-refractivity contribution in [3.63, 3.8) is 0 Å². The summed E-state index contributed by atoms with van der Waals surface area (Å²) in [6, 6.07) is 5.45. The molecule has 0 atom stereocenters. The largest absolute Gasteiger partial charge is 0.494 e. The van der Waals surface area contributed by atoms with Gasteiger partial charge >= 0.3 is 6.03 Å². The number of nitrogens with zero attached hydrogens (tertiary/aromatic N) is 1. The van der Waals surface area contributed by atoms with Crippen LogP contribution in [0, 0.1) is 0 Å². The Kier molecular flexibility index (Phi) is 3.72. The molecular weight excluding hydrogens is 392 g/mol. The summed E-state index contributed by atoms with van der Waals surface area (Å²) in [5.74, 6) is -0.901. The van der Waals surface area contributed by atoms with Crippen molar-refractivity contribution in [2.24, 2.45) is 5.73 Å². The van der Waals surface area contributed by atoms with Crippen LogP contribution in [0.15, 0.2) is 34.1 Å². The molecule has 0 aliphatic carbocycles. The number of carbonyl (C=O) groups excluding carboxylic acids is 2. The summed E-state index contributed by atoms with van der Waals surface area (Å²) in [4.78, 5) is 24.7. The first-order valence-corrected chi connectivity index (χ1v) is 8.07. The van der Waals surface area contributed by atoms with Gasteiger partial charge in [-0.05, 0) is 45.6 Å². The standard InChI is InChI=1S/C14H8BrClN2O3S/c15-8-3-4-22-12(8)11(19)10-7-5-6(16)1-2-9(7)18(13(10)20)14(17)21/h1-5,20H,(H2,17,21). The molecule has 3 N–H and O–H groups in total. The third kappa shape index (κ3) is 2.22. The number of rotatable bonds is 2. The van der Waals surface area contributed by atoms with E-state index in [0.717, 1.165) is 4.57 Å². The summed E-state index contributed by atoms with van der Waals surface area (Å²) in [6.07, 6.45) is 0. The lowest BCUT2D eigenvalue weighted by Gasteiger charge is -2.01. The van der Waals surface area contributed by atoms with E-state index < -0.39 is 17.7 Å². The van der Waals surface area contributed by atoms with Gasteiger partial charge in [0.15, 0.2) is 0 Å². The van der Waals surface area contributed by atoms with Crippen LogP contribution >= 0.6 is 38.9 Å². The molecule has 0 unspecified atom stereocenters.